The summed E-state index contributed by atoms with van der Waals surface area (Å²) in [4.78, 5) is 18.6. The first-order valence-corrected chi connectivity index (χ1v) is 11.8. The highest BCUT2D eigenvalue weighted by Gasteiger charge is 2.46. The number of alkyl halides is 2. The summed E-state index contributed by atoms with van der Waals surface area (Å²) in [6.07, 6.45) is 7.48. The molecule has 0 radical (unpaired) electrons. The highest BCUT2D eigenvalue weighted by atomic mass is 19.3. The molecule has 2 bridgehead atoms. The summed E-state index contributed by atoms with van der Waals surface area (Å²) in [6, 6.07) is 4.60. The lowest BCUT2D eigenvalue weighted by molar-refractivity contribution is -0.0494. The van der Waals surface area contributed by atoms with Crippen LogP contribution in [-0.4, -0.2) is 70.9 Å². The number of anilines is 2. The van der Waals surface area contributed by atoms with Gasteiger partial charge in [0.05, 0.1) is 18.4 Å². The van der Waals surface area contributed by atoms with E-state index in [0.717, 1.165) is 64.0 Å². The molecule has 0 unspecified atom stereocenters. The molecule has 2 aromatic rings. The summed E-state index contributed by atoms with van der Waals surface area (Å²) in [5.41, 5.74) is 7.99. The lowest BCUT2D eigenvalue weighted by atomic mass is 9.76. The third-order valence-electron chi connectivity index (χ3n) is 7.46. The Bertz CT molecular complexity index is 1030. The van der Waals surface area contributed by atoms with Crippen LogP contribution in [0.5, 0.6) is 5.75 Å². The van der Waals surface area contributed by atoms with Gasteiger partial charge in [0.15, 0.2) is 11.6 Å². The van der Waals surface area contributed by atoms with Gasteiger partial charge < -0.3 is 20.1 Å². The van der Waals surface area contributed by atoms with E-state index in [1.165, 1.54) is 6.07 Å². The number of aromatic nitrogens is 3. The maximum Gasteiger partial charge on any atom is 0.387 e. The number of hydrogen-bond acceptors (Lipinski definition) is 8. The fraction of sp³-hybridized carbons (Fsp3) is 0.609. The second-order valence-corrected chi connectivity index (χ2v) is 9.52. The van der Waals surface area contributed by atoms with Crippen molar-refractivity contribution >= 4 is 11.8 Å². The molecule has 6 rings (SSSR count). The first kappa shape index (κ1) is 21.0. The summed E-state index contributed by atoms with van der Waals surface area (Å²) in [5, 5.41) is 0. The molecule has 3 saturated heterocycles. The number of morpholine rings is 1. The van der Waals surface area contributed by atoms with Gasteiger partial charge >= 0.3 is 6.61 Å². The highest BCUT2D eigenvalue weighted by Crippen LogP contribution is 2.44. The van der Waals surface area contributed by atoms with Crippen LogP contribution in [0.2, 0.25) is 0 Å². The average molecular weight is 459 g/mol. The van der Waals surface area contributed by atoms with Crippen molar-refractivity contribution in [3.05, 3.63) is 24.0 Å². The first-order valence-electron chi connectivity index (χ1n) is 11.8. The maximum atomic E-state index is 12.8. The van der Waals surface area contributed by atoms with Crippen LogP contribution in [0.3, 0.4) is 0 Å². The molecular weight excluding hydrogens is 430 g/mol. The van der Waals surface area contributed by atoms with Crippen molar-refractivity contribution in [3.63, 3.8) is 0 Å². The van der Waals surface area contributed by atoms with Crippen LogP contribution in [0.25, 0.3) is 11.3 Å². The van der Waals surface area contributed by atoms with Gasteiger partial charge in [-0.05, 0) is 44.2 Å². The van der Waals surface area contributed by atoms with Crippen LogP contribution in [0.4, 0.5) is 20.5 Å². The van der Waals surface area contributed by atoms with Crippen molar-refractivity contribution in [2.75, 3.05) is 36.9 Å². The van der Waals surface area contributed by atoms with Crippen LogP contribution in [0.1, 0.15) is 43.7 Å². The second-order valence-electron chi connectivity index (χ2n) is 9.52. The fourth-order valence-electron chi connectivity index (χ4n) is 5.63. The summed E-state index contributed by atoms with van der Waals surface area (Å²) in [5.74, 6) is 0.848. The molecule has 2 aromatic heterocycles. The zero-order valence-electron chi connectivity index (χ0n) is 18.4. The van der Waals surface area contributed by atoms with Gasteiger partial charge in [-0.25, -0.2) is 15.0 Å². The number of pyridine rings is 1. The molecule has 1 saturated carbocycles. The topological polar surface area (TPSA) is 89.6 Å². The number of nitrogens with two attached hydrogens (primary N) is 1. The zero-order chi connectivity index (χ0) is 22.5. The van der Waals surface area contributed by atoms with Crippen molar-refractivity contribution in [1.29, 1.82) is 0 Å². The molecule has 33 heavy (non-hydrogen) atoms. The largest absolute Gasteiger partial charge is 0.431 e. The third-order valence-corrected chi connectivity index (χ3v) is 7.46. The van der Waals surface area contributed by atoms with E-state index in [0.29, 0.717) is 41.3 Å². The molecule has 4 aliphatic rings. The smallest absolute Gasteiger partial charge is 0.387 e. The summed E-state index contributed by atoms with van der Waals surface area (Å²) in [6.45, 7) is 0.777. The van der Waals surface area contributed by atoms with Gasteiger partial charge in [0, 0.05) is 55.1 Å². The molecular formula is C23H28F2N6O2. The highest BCUT2D eigenvalue weighted by molar-refractivity contribution is 5.65. The Labute approximate surface area is 191 Å². The second kappa shape index (κ2) is 8.32. The summed E-state index contributed by atoms with van der Waals surface area (Å²) in [7, 11) is 0. The van der Waals surface area contributed by atoms with Crippen LogP contribution in [0.15, 0.2) is 18.3 Å². The minimum absolute atomic E-state index is 0.0705. The summed E-state index contributed by atoms with van der Waals surface area (Å²) < 4.78 is 35.9. The molecule has 0 spiro atoms. The van der Waals surface area contributed by atoms with Crippen molar-refractivity contribution in [2.24, 2.45) is 0 Å². The van der Waals surface area contributed by atoms with Gasteiger partial charge in [-0.15, -0.1) is 0 Å². The number of likely N-dealkylation sites (tertiary alicyclic amines) is 1. The van der Waals surface area contributed by atoms with Gasteiger partial charge in [-0.1, -0.05) is 0 Å². The molecule has 0 amide bonds. The monoisotopic (exact) mass is 458 g/mol. The predicted molar refractivity (Wildman–Crippen MR) is 118 cm³/mol. The number of hydrogen-bond donors (Lipinski definition) is 1. The molecule has 0 aromatic carbocycles. The van der Waals surface area contributed by atoms with Gasteiger partial charge in [0.1, 0.15) is 0 Å². The standard InChI is InChI=1S/C23H28F2N6O2/c24-22(25)33-20-7-14(10-27-21(20)26)19-9-18(28-23(29-19)30-3-1-2-4-30)13-5-15(6-13)31-11-17-8-16(31)12-32-17/h7,9-10,13,15-17,22H,1-6,8,11-12H2,(H2,26,27)/t13?,15?,16-,17-/m0/s1. The average Bonchev–Trinajstić information content (AvgIpc) is 3.53. The minimum atomic E-state index is -2.97. The fourth-order valence-corrected chi connectivity index (χ4v) is 5.63. The normalized spacial score (nSPS) is 29.1. The van der Waals surface area contributed by atoms with E-state index in [1.54, 1.807) is 6.20 Å². The van der Waals surface area contributed by atoms with Gasteiger partial charge in [0.2, 0.25) is 5.95 Å². The summed E-state index contributed by atoms with van der Waals surface area (Å²) >= 11 is 0. The molecule has 4 fully saturated rings. The molecule has 10 heteroatoms. The van der Waals surface area contributed by atoms with Crippen LogP contribution in [0, 0.1) is 0 Å². The van der Waals surface area contributed by atoms with Crippen molar-refractivity contribution < 1.29 is 18.3 Å². The number of nitrogen functional groups attached to an aromatic ring is 1. The Morgan fingerprint density at radius 3 is 2.61 bits per heavy atom. The number of fused-ring (bicyclic) bond motifs is 2. The van der Waals surface area contributed by atoms with Crippen molar-refractivity contribution in [2.45, 2.75) is 62.8 Å². The Morgan fingerprint density at radius 1 is 1.09 bits per heavy atom. The number of ether oxygens (including phenoxy) is 2. The van der Waals surface area contributed by atoms with Gasteiger partial charge in [-0.2, -0.15) is 8.78 Å². The molecule has 2 N–H and O–H groups in total. The zero-order valence-corrected chi connectivity index (χ0v) is 18.4. The predicted octanol–water partition coefficient (Wildman–Crippen LogP) is 3.04. The third kappa shape index (κ3) is 3.99. The van der Waals surface area contributed by atoms with E-state index in [4.69, 9.17) is 20.4 Å². The maximum absolute atomic E-state index is 12.8. The Kier molecular flexibility index (Phi) is 5.29. The van der Waals surface area contributed by atoms with E-state index < -0.39 is 6.61 Å². The molecule has 1 aliphatic carbocycles. The lowest BCUT2D eigenvalue weighted by Gasteiger charge is -2.44. The van der Waals surface area contributed by atoms with E-state index >= 15 is 0 Å². The molecule has 3 aliphatic heterocycles. The van der Waals surface area contributed by atoms with Gasteiger partial charge in [-0.3, -0.25) is 4.90 Å². The van der Waals surface area contributed by atoms with E-state index in [2.05, 4.69) is 19.5 Å². The number of halogens is 2. The minimum Gasteiger partial charge on any atom is -0.431 e. The molecule has 8 nitrogen and oxygen atoms in total. The van der Waals surface area contributed by atoms with Crippen LogP contribution in [-0.2, 0) is 4.74 Å². The van der Waals surface area contributed by atoms with Crippen LogP contribution >= 0.6 is 0 Å². The van der Waals surface area contributed by atoms with E-state index in [-0.39, 0.29) is 11.6 Å². The first-order chi connectivity index (χ1) is 16.0. The van der Waals surface area contributed by atoms with Gasteiger partial charge in [0.25, 0.3) is 0 Å². The van der Waals surface area contributed by atoms with Crippen molar-refractivity contribution in [1.82, 2.24) is 19.9 Å². The molecule has 5 heterocycles. The van der Waals surface area contributed by atoms with E-state index in [1.807, 2.05) is 6.07 Å². The molecule has 2 atom stereocenters. The Balaban J connectivity index is 1.27. The van der Waals surface area contributed by atoms with E-state index in [9.17, 15) is 8.78 Å². The number of rotatable bonds is 6. The Morgan fingerprint density at radius 2 is 1.91 bits per heavy atom. The number of nitrogens with zero attached hydrogens (tertiary/aromatic N) is 5. The Hall–Kier alpha value is -2.59. The molecule has 176 valence electrons. The quantitative estimate of drug-likeness (QED) is 0.707. The lowest BCUT2D eigenvalue weighted by Crippen LogP contribution is -2.49. The van der Waals surface area contributed by atoms with Crippen molar-refractivity contribution in [3.8, 4) is 17.0 Å². The van der Waals surface area contributed by atoms with Crippen LogP contribution < -0.4 is 15.4 Å². The SMILES string of the molecule is Nc1ncc(-c2cc(C3CC(N4C[C@@H]5C[C@H]4CO5)C3)nc(N3CCCC3)n2)cc1OC(F)F.